The molecule has 0 aromatic rings. The Hall–Kier alpha value is -1.63. The van der Waals surface area contributed by atoms with Crippen LogP contribution in [0.3, 0.4) is 0 Å². The quantitative estimate of drug-likeness (QED) is 0.541. The molecule has 1 amide bonds. The number of nitrogens with one attached hydrogen (secondary N) is 2. The molecule has 0 radical (unpaired) electrons. The Balaban J connectivity index is 4.73. The molecule has 2 N–H and O–H groups in total. The fourth-order valence-corrected chi connectivity index (χ4v) is 1.51. The van der Waals surface area contributed by atoms with E-state index in [-0.39, 0.29) is 5.92 Å². The van der Waals surface area contributed by atoms with Crippen LogP contribution in [-0.2, 0) is 24.0 Å². The largest absolute Gasteiger partial charge is 0.467 e. The molecular formula is C15H28N2O5. The van der Waals surface area contributed by atoms with E-state index in [1.165, 1.54) is 14.0 Å². The van der Waals surface area contributed by atoms with Crippen LogP contribution in [0.5, 0.6) is 0 Å². The lowest BCUT2D eigenvalue weighted by atomic mass is 9.98. The molecule has 22 heavy (non-hydrogen) atoms. The highest BCUT2D eigenvalue weighted by Gasteiger charge is 2.28. The Morgan fingerprint density at radius 2 is 1.64 bits per heavy atom. The summed E-state index contributed by atoms with van der Waals surface area (Å²) in [6.45, 7) is 10.6. The smallest absolute Gasteiger partial charge is 0.330 e. The highest BCUT2D eigenvalue weighted by atomic mass is 16.7. The highest BCUT2D eigenvalue weighted by Crippen LogP contribution is 2.15. The summed E-state index contributed by atoms with van der Waals surface area (Å²) in [7, 11) is 1.25. The zero-order valence-electron chi connectivity index (χ0n) is 14.5. The van der Waals surface area contributed by atoms with Crippen LogP contribution in [0.1, 0.15) is 48.0 Å². The second-order valence-electron chi connectivity index (χ2n) is 6.69. The Morgan fingerprint density at radius 1 is 1.09 bits per heavy atom. The second kappa shape index (κ2) is 8.73. The number of carbonyl (C=O) groups is 3. The third-order valence-corrected chi connectivity index (χ3v) is 2.84. The van der Waals surface area contributed by atoms with Gasteiger partial charge in [0.1, 0.15) is 12.1 Å². The predicted octanol–water partition coefficient (Wildman–Crippen LogP) is 1.17. The van der Waals surface area contributed by atoms with Crippen molar-refractivity contribution < 1.29 is 24.0 Å². The summed E-state index contributed by atoms with van der Waals surface area (Å²) in [4.78, 5) is 40.3. The number of amides is 1. The van der Waals surface area contributed by atoms with Crippen LogP contribution in [0.4, 0.5) is 0 Å². The van der Waals surface area contributed by atoms with Gasteiger partial charge in [0.2, 0.25) is 5.91 Å². The maximum Gasteiger partial charge on any atom is 0.330 e. The highest BCUT2D eigenvalue weighted by molar-refractivity contribution is 5.87. The van der Waals surface area contributed by atoms with Crippen molar-refractivity contribution in [2.24, 2.45) is 11.3 Å². The molecule has 7 heteroatoms. The van der Waals surface area contributed by atoms with Gasteiger partial charge in [-0.2, -0.15) is 0 Å². The first-order valence-electron chi connectivity index (χ1n) is 7.34. The summed E-state index contributed by atoms with van der Waals surface area (Å²) >= 11 is 0. The molecule has 0 aliphatic carbocycles. The normalized spacial score (nSPS) is 14.2. The zero-order chi connectivity index (χ0) is 17.5. The molecule has 0 rings (SSSR count). The molecule has 0 saturated heterocycles. The Labute approximate surface area is 132 Å². The molecule has 0 heterocycles. The molecular weight excluding hydrogens is 288 g/mol. The van der Waals surface area contributed by atoms with Gasteiger partial charge in [-0.1, -0.05) is 13.8 Å². The van der Waals surface area contributed by atoms with Crippen molar-refractivity contribution in [2.75, 3.05) is 7.11 Å². The summed E-state index contributed by atoms with van der Waals surface area (Å²) in [6.07, 6.45) is 0.456. The maximum atomic E-state index is 12.2. The van der Waals surface area contributed by atoms with Crippen molar-refractivity contribution in [3.8, 4) is 0 Å². The van der Waals surface area contributed by atoms with E-state index in [1.54, 1.807) is 20.8 Å². The van der Waals surface area contributed by atoms with Crippen molar-refractivity contribution in [3.05, 3.63) is 0 Å². The number of ether oxygens (including phenoxy) is 1. The van der Waals surface area contributed by atoms with E-state index in [9.17, 15) is 14.4 Å². The van der Waals surface area contributed by atoms with E-state index in [2.05, 4.69) is 15.5 Å². The molecule has 0 aliphatic heterocycles. The molecule has 0 fully saturated rings. The number of hydrogen-bond acceptors (Lipinski definition) is 6. The molecule has 0 aromatic carbocycles. The van der Waals surface area contributed by atoms with Gasteiger partial charge in [-0.3, -0.25) is 4.79 Å². The standard InChI is InChI=1S/C15H28N2O5/c1-9(2)8-11(17-22-14(20)15(4,5)6)12(18)16-10(3)13(19)21-7/h9-11,17H,8H2,1-7H3,(H,16,18)/t10-,11-/m1/s1. The number of hydrogen-bond donors (Lipinski definition) is 2. The van der Waals surface area contributed by atoms with E-state index in [1.807, 2.05) is 13.8 Å². The van der Waals surface area contributed by atoms with Gasteiger partial charge in [0.15, 0.2) is 0 Å². The summed E-state index contributed by atoms with van der Waals surface area (Å²) in [6, 6.07) is -1.51. The first-order chi connectivity index (χ1) is 9.98. The molecule has 0 saturated carbocycles. The topological polar surface area (TPSA) is 93.7 Å². The van der Waals surface area contributed by atoms with E-state index in [0.717, 1.165) is 0 Å². The number of esters is 1. The molecule has 0 aromatic heterocycles. The summed E-state index contributed by atoms with van der Waals surface area (Å²) < 4.78 is 4.56. The van der Waals surface area contributed by atoms with E-state index in [0.29, 0.717) is 6.42 Å². The van der Waals surface area contributed by atoms with Crippen molar-refractivity contribution >= 4 is 17.8 Å². The van der Waals surface area contributed by atoms with Crippen molar-refractivity contribution in [2.45, 2.75) is 60.0 Å². The third-order valence-electron chi connectivity index (χ3n) is 2.84. The van der Waals surface area contributed by atoms with Crippen molar-refractivity contribution in [3.63, 3.8) is 0 Å². The van der Waals surface area contributed by atoms with Crippen molar-refractivity contribution in [1.82, 2.24) is 10.8 Å². The van der Waals surface area contributed by atoms with Crippen LogP contribution in [0.15, 0.2) is 0 Å². The predicted molar refractivity (Wildman–Crippen MR) is 81.5 cm³/mol. The minimum atomic E-state index is -0.771. The Kier molecular flexibility index (Phi) is 8.08. The van der Waals surface area contributed by atoms with E-state index < -0.39 is 35.3 Å². The molecule has 0 bridgehead atoms. The first-order valence-corrected chi connectivity index (χ1v) is 7.34. The van der Waals surface area contributed by atoms with Crippen molar-refractivity contribution in [1.29, 1.82) is 0 Å². The lowest BCUT2D eigenvalue weighted by molar-refractivity contribution is -0.164. The van der Waals surface area contributed by atoms with Crippen LogP contribution in [0.2, 0.25) is 0 Å². The number of methoxy groups -OCH3 is 1. The Bertz CT molecular complexity index is 401. The molecule has 0 spiro atoms. The van der Waals surface area contributed by atoms with E-state index in [4.69, 9.17) is 4.84 Å². The van der Waals surface area contributed by atoms with Gasteiger partial charge in [-0.15, -0.1) is 5.48 Å². The summed E-state index contributed by atoms with van der Waals surface area (Å²) in [5.74, 6) is -1.23. The summed E-state index contributed by atoms with van der Waals surface area (Å²) in [5.41, 5.74) is 1.83. The Morgan fingerprint density at radius 3 is 2.05 bits per heavy atom. The van der Waals surface area contributed by atoms with Crippen LogP contribution >= 0.6 is 0 Å². The minimum absolute atomic E-state index is 0.199. The average Bonchev–Trinajstić information content (AvgIpc) is 2.40. The SMILES string of the molecule is COC(=O)[C@@H](C)NC(=O)[C@@H](CC(C)C)NOC(=O)C(C)(C)C. The van der Waals surface area contributed by atoms with Crippen LogP contribution in [0, 0.1) is 11.3 Å². The van der Waals surface area contributed by atoms with Crippen LogP contribution in [-0.4, -0.2) is 37.0 Å². The van der Waals surface area contributed by atoms with Crippen LogP contribution < -0.4 is 10.8 Å². The maximum absolute atomic E-state index is 12.2. The van der Waals surface area contributed by atoms with Gasteiger partial charge in [0, 0.05) is 0 Å². The molecule has 2 atom stereocenters. The van der Waals surface area contributed by atoms with Gasteiger partial charge in [0.25, 0.3) is 0 Å². The van der Waals surface area contributed by atoms with Gasteiger partial charge in [-0.05, 0) is 40.0 Å². The monoisotopic (exact) mass is 316 g/mol. The summed E-state index contributed by atoms with van der Waals surface area (Å²) in [5, 5.41) is 2.53. The molecule has 128 valence electrons. The average molecular weight is 316 g/mol. The van der Waals surface area contributed by atoms with Gasteiger partial charge in [-0.25, -0.2) is 9.59 Å². The number of hydroxylamine groups is 1. The fourth-order valence-electron chi connectivity index (χ4n) is 1.51. The molecule has 0 unspecified atom stereocenters. The lowest BCUT2D eigenvalue weighted by Gasteiger charge is -2.23. The number of rotatable bonds is 7. The van der Waals surface area contributed by atoms with Gasteiger partial charge < -0.3 is 14.9 Å². The number of carbonyl (C=O) groups excluding carboxylic acids is 3. The zero-order valence-corrected chi connectivity index (χ0v) is 14.5. The van der Waals surface area contributed by atoms with Gasteiger partial charge >= 0.3 is 11.9 Å². The van der Waals surface area contributed by atoms with E-state index >= 15 is 0 Å². The lowest BCUT2D eigenvalue weighted by Crippen LogP contribution is -2.50. The third kappa shape index (κ3) is 7.40. The van der Waals surface area contributed by atoms with Gasteiger partial charge in [0.05, 0.1) is 12.5 Å². The fraction of sp³-hybridized carbons (Fsp3) is 0.800. The molecule has 0 aliphatic rings. The first kappa shape index (κ1) is 20.4. The van der Waals surface area contributed by atoms with Crippen LogP contribution in [0.25, 0.3) is 0 Å². The second-order valence-corrected chi connectivity index (χ2v) is 6.69. The molecule has 7 nitrogen and oxygen atoms in total. The minimum Gasteiger partial charge on any atom is -0.467 e.